The highest BCUT2D eigenvalue weighted by Gasteiger charge is 2.30. The number of piperidine rings is 1. The molecule has 1 aliphatic heterocycles. The molecule has 33 heavy (non-hydrogen) atoms. The van der Waals surface area contributed by atoms with Crippen LogP contribution in [0.1, 0.15) is 18.4 Å². The van der Waals surface area contributed by atoms with Crippen LogP contribution in [0.3, 0.4) is 0 Å². The van der Waals surface area contributed by atoms with Gasteiger partial charge in [0.2, 0.25) is 0 Å². The molecule has 0 saturated carbocycles. The van der Waals surface area contributed by atoms with Crippen molar-refractivity contribution in [1.29, 1.82) is 0 Å². The quantitative estimate of drug-likeness (QED) is 0.554. The molecule has 1 saturated heterocycles. The highest BCUT2D eigenvalue weighted by Crippen LogP contribution is 2.36. The van der Waals surface area contributed by atoms with Crippen LogP contribution in [0.4, 0.5) is 19.0 Å². The molecule has 0 amide bonds. The zero-order valence-corrected chi connectivity index (χ0v) is 19.2. The van der Waals surface area contributed by atoms with Crippen molar-refractivity contribution < 1.29 is 17.4 Å². The molecular weight excluding hydrogens is 475 g/mol. The van der Waals surface area contributed by atoms with Crippen LogP contribution in [0.5, 0.6) is 0 Å². The zero-order chi connectivity index (χ0) is 23.6. The minimum Gasteiger partial charge on any atom is -0.355 e. The third-order valence-electron chi connectivity index (χ3n) is 5.42. The van der Waals surface area contributed by atoms with E-state index in [2.05, 4.69) is 19.6 Å². The molecule has 0 radical (unpaired) electrons. The second kappa shape index (κ2) is 9.74. The highest BCUT2D eigenvalue weighted by molar-refractivity contribution is 7.82. The first-order valence-electron chi connectivity index (χ1n) is 10.2. The average molecular weight is 496 g/mol. The number of benzene rings is 1. The molecule has 1 atom stereocenters. The minimum atomic E-state index is -4.42. The van der Waals surface area contributed by atoms with Crippen LogP contribution in [0, 0.1) is 0 Å². The Bertz CT molecular complexity index is 1150. The fourth-order valence-electron chi connectivity index (χ4n) is 3.78. The van der Waals surface area contributed by atoms with Gasteiger partial charge in [0.1, 0.15) is 11.5 Å². The van der Waals surface area contributed by atoms with Gasteiger partial charge in [-0.05, 0) is 31.0 Å². The van der Waals surface area contributed by atoms with Gasteiger partial charge in [0.25, 0.3) is 0 Å². The maximum absolute atomic E-state index is 13.0. The van der Waals surface area contributed by atoms with E-state index >= 15 is 0 Å². The molecule has 1 aromatic carbocycles. The lowest BCUT2D eigenvalue weighted by Gasteiger charge is -2.32. The number of aromatic nitrogens is 3. The van der Waals surface area contributed by atoms with Crippen LogP contribution in [-0.2, 0) is 17.2 Å². The van der Waals surface area contributed by atoms with E-state index in [1.54, 1.807) is 24.7 Å². The first-order chi connectivity index (χ1) is 15.7. The van der Waals surface area contributed by atoms with Crippen molar-refractivity contribution >= 4 is 28.4 Å². The predicted molar refractivity (Wildman–Crippen MR) is 123 cm³/mol. The van der Waals surface area contributed by atoms with Crippen molar-refractivity contribution in [2.24, 2.45) is 0 Å². The summed E-state index contributed by atoms with van der Waals surface area (Å²) in [7, 11) is -1.07. The number of hydrogen-bond donors (Lipinski definition) is 1. The first-order valence-corrected chi connectivity index (χ1v) is 12.1. The number of nitrogens with zero attached hydrogens (tertiary/aromatic N) is 4. The predicted octanol–water partition coefficient (Wildman–Crippen LogP) is 4.73. The van der Waals surface area contributed by atoms with Crippen molar-refractivity contribution in [3.05, 3.63) is 59.5 Å². The van der Waals surface area contributed by atoms with Crippen LogP contribution >= 0.6 is 11.6 Å². The number of hydrogen-bond acceptors (Lipinski definition) is 5. The van der Waals surface area contributed by atoms with E-state index in [4.69, 9.17) is 16.6 Å². The van der Waals surface area contributed by atoms with Crippen LogP contribution in [0.15, 0.2) is 48.9 Å². The van der Waals surface area contributed by atoms with Crippen molar-refractivity contribution in [3.8, 4) is 22.5 Å². The molecule has 174 valence electrons. The number of alkyl halides is 3. The summed E-state index contributed by atoms with van der Waals surface area (Å²) in [5, 5.41) is 0.366. The Morgan fingerprint density at radius 3 is 2.39 bits per heavy atom. The fraction of sp³-hybridized carbons (Fsp3) is 0.318. The van der Waals surface area contributed by atoms with E-state index in [0.717, 1.165) is 25.0 Å². The Balaban J connectivity index is 1.70. The average Bonchev–Trinajstić information content (AvgIpc) is 2.79. The van der Waals surface area contributed by atoms with E-state index in [-0.39, 0.29) is 6.04 Å². The first kappa shape index (κ1) is 23.6. The number of pyridine rings is 1. The molecule has 0 bridgehead atoms. The van der Waals surface area contributed by atoms with E-state index < -0.39 is 22.7 Å². The topological polar surface area (TPSA) is 71.0 Å². The summed E-state index contributed by atoms with van der Waals surface area (Å²) in [6.45, 7) is 1.40. The smallest absolute Gasteiger partial charge is 0.355 e. The summed E-state index contributed by atoms with van der Waals surface area (Å²) in [5.41, 5.74) is 1.25. The number of halogens is 4. The molecule has 0 aliphatic carbocycles. The largest absolute Gasteiger partial charge is 0.416 e. The second-order valence-corrected chi connectivity index (χ2v) is 9.24. The van der Waals surface area contributed by atoms with Gasteiger partial charge in [-0.2, -0.15) is 13.2 Å². The van der Waals surface area contributed by atoms with Crippen LogP contribution in [-0.4, -0.2) is 44.5 Å². The molecule has 1 fully saturated rings. The van der Waals surface area contributed by atoms with E-state index in [9.17, 15) is 17.4 Å². The van der Waals surface area contributed by atoms with Gasteiger partial charge in [-0.15, -0.1) is 0 Å². The third kappa shape index (κ3) is 5.51. The summed E-state index contributed by atoms with van der Waals surface area (Å²) < 4.78 is 53.5. The van der Waals surface area contributed by atoms with Gasteiger partial charge in [0.05, 0.1) is 33.5 Å². The van der Waals surface area contributed by atoms with Gasteiger partial charge >= 0.3 is 6.18 Å². The van der Waals surface area contributed by atoms with E-state index in [1.165, 1.54) is 18.3 Å². The minimum absolute atomic E-state index is 0.167. The molecule has 1 unspecified atom stereocenters. The van der Waals surface area contributed by atoms with Gasteiger partial charge in [-0.25, -0.2) is 13.9 Å². The van der Waals surface area contributed by atoms with Crippen molar-refractivity contribution in [1.82, 2.24) is 19.7 Å². The lowest BCUT2D eigenvalue weighted by molar-refractivity contribution is -0.137. The summed E-state index contributed by atoms with van der Waals surface area (Å²) in [4.78, 5) is 15.5. The normalized spacial score (nSPS) is 16.1. The molecule has 3 aromatic rings. The number of rotatable bonds is 5. The third-order valence-corrected chi connectivity index (χ3v) is 6.39. The monoisotopic (exact) mass is 495 g/mol. The van der Waals surface area contributed by atoms with Crippen molar-refractivity contribution in [2.45, 2.75) is 25.1 Å². The highest BCUT2D eigenvalue weighted by atomic mass is 35.5. The maximum atomic E-state index is 13.0. The van der Waals surface area contributed by atoms with Gasteiger partial charge in [0.15, 0.2) is 0 Å². The number of nitrogens with one attached hydrogen (secondary N) is 1. The fourth-order valence-corrected chi connectivity index (χ4v) is 4.69. The Hall–Kier alpha value is -2.56. The lowest BCUT2D eigenvalue weighted by Crippen LogP contribution is -2.43. The second-order valence-electron chi connectivity index (χ2n) is 7.69. The van der Waals surface area contributed by atoms with Crippen LogP contribution < -0.4 is 9.62 Å². The molecule has 1 N–H and O–H groups in total. The zero-order valence-electron chi connectivity index (χ0n) is 17.6. The molecular formula is C22H21ClF3N5OS. The standard InChI is InChI=1S/C22H21ClF3N5OS/c1-33(32)30-16-7-10-31(11-8-16)19-13-28-20(14-2-4-15(5-3-14)22(24,25)26)21(29-19)17-6-9-27-12-18(17)23/h2-6,9,12-13,16,30H,7-8,10-11H2,1H3. The summed E-state index contributed by atoms with van der Waals surface area (Å²) >= 11 is 6.38. The molecule has 4 rings (SSSR count). The Morgan fingerprint density at radius 1 is 1.09 bits per heavy atom. The SMILES string of the molecule is CS(=O)NC1CCN(c2cnc(-c3ccc(C(F)(F)F)cc3)c(-c3ccncc3Cl)n2)CC1. The lowest BCUT2D eigenvalue weighted by atomic mass is 10.0. The molecule has 2 aromatic heterocycles. The molecule has 11 heteroatoms. The van der Waals surface area contributed by atoms with Gasteiger partial charge in [-0.3, -0.25) is 9.97 Å². The van der Waals surface area contributed by atoms with Crippen LogP contribution in [0.2, 0.25) is 5.02 Å². The number of anilines is 1. The van der Waals surface area contributed by atoms with Crippen molar-refractivity contribution in [3.63, 3.8) is 0 Å². The molecule has 0 spiro atoms. The van der Waals surface area contributed by atoms with E-state index in [1.807, 2.05) is 0 Å². The van der Waals surface area contributed by atoms with Crippen LogP contribution in [0.25, 0.3) is 22.5 Å². The molecule has 6 nitrogen and oxygen atoms in total. The van der Waals surface area contributed by atoms with Gasteiger partial charge in [0, 0.05) is 48.9 Å². The Morgan fingerprint density at radius 2 is 1.79 bits per heavy atom. The van der Waals surface area contributed by atoms with E-state index in [0.29, 0.717) is 46.4 Å². The Labute approximate surface area is 196 Å². The summed E-state index contributed by atoms with van der Waals surface area (Å²) in [6.07, 6.45) is 3.48. The summed E-state index contributed by atoms with van der Waals surface area (Å²) in [6, 6.07) is 6.69. The van der Waals surface area contributed by atoms with Gasteiger partial charge < -0.3 is 4.90 Å². The van der Waals surface area contributed by atoms with Gasteiger partial charge in [-0.1, -0.05) is 23.7 Å². The maximum Gasteiger partial charge on any atom is 0.416 e. The molecule has 3 heterocycles. The Kier molecular flexibility index (Phi) is 6.96. The van der Waals surface area contributed by atoms with Crippen molar-refractivity contribution in [2.75, 3.05) is 24.2 Å². The summed E-state index contributed by atoms with van der Waals surface area (Å²) in [5.74, 6) is 0.643. The molecule has 1 aliphatic rings.